The van der Waals surface area contributed by atoms with Crippen molar-refractivity contribution < 1.29 is 4.74 Å². The average molecular weight is 188 g/mol. The van der Waals surface area contributed by atoms with Gasteiger partial charge in [0.2, 0.25) is 5.96 Å². The van der Waals surface area contributed by atoms with Crippen molar-refractivity contribution in [2.75, 3.05) is 33.9 Å². The van der Waals surface area contributed by atoms with Crippen LogP contribution in [0, 0.1) is 0 Å². The lowest BCUT2D eigenvalue weighted by molar-refractivity contribution is 0.146. The first-order chi connectivity index (χ1) is 6.22. The monoisotopic (exact) mass is 188 g/mol. The van der Waals surface area contributed by atoms with E-state index in [9.17, 15) is 0 Å². The number of hydrogen-bond acceptors (Lipinski definition) is 3. The Balaban J connectivity index is 3.55. The first-order valence-corrected chi connectivity index (χ1v) is 4.48. The van der Waals surface area contributed by atoms with Gasteiger partial charge < -0.3 is 9.64 Å². The third kappa shape index (κ3) is 6.36. The number of ether oxygens (including phenoxy) is 1. The second kappa shape index (κ2) is 7.82. The third-order valence-electron chi connectivity index (χ3n) is 1.47. The summed E-state index contributed by atoms with van der Waals surface area (Å²) in [5.41, 5.74) is 2.53. The van der Waals surface area contributed by atoms with E-state index in [1.54, 1.807) is 0 Å². The second-order valence-corrected chi connectivity index (χ2v) is 2.79. The number of hydrogen-bond donors (Lipinski definition) is 2. The first kappa shape index (κ1) is 12.2. The maximum absolute atomic E-state index is 5.26. The summed E-state index contributed by atoms with van der Waals surface area (Å²) in [7, 11) is 3.78. The van der Waals surface area contributed by atoms with Crippen LogP contribution in [0.1, 0.15) is 13.3 Å². The normalized spacial score (nSPS) is 11.5. The summed E-state index contributed by atoms with van der Waals surface area (Å²) in [6.45, 7) is 4.23. The van der Waals surface area contributed by atoms with Crippen molar-refractivity contribution in [2.24, 2.45) is 10.8 Å². The van der Waals surface area contributed by atoms with E-state index in [2.05, 4.69) is 10.4 Å². The van der Waals surface area contributed by atoms with E-state index in [4.69, 9.17) is 10.6 Å². The predicted octanol–water partition coefficient (Wildman–Crippen LogP) is -0.206. The number of nitrogens with one attached hydrogen (secondary N) is 1. The van der Waals surface area contributed by atoms with Crippen LogP contribution in [0.3, 0.4) is 0 Å². The van der Waals surface area contributed by atoms with Crippen LogP contribution in [0.5, 0.6) is 0 Å². The van der Waals surface area contributed by atoms with Gasteiger partial charge in [0, 0.05) is 33.9 Å². The van der Waals surface area contributed by atoms with Gasteiger partial charge in [-0.15, -0.1) is 0 Å². The van der Waals surface area contributed by atoms with Gasteiger partial charge in [-0.2, -0.15) is 0 Å². The lowest BCUT2D eigenvalue weighted by atomic mass is 10.4. The Hall–Kier alpha value is -0.810. The number of nitrogens with zero attached hydrogens (tertiary/aromatic N) is 2. The second-order valence-electron chi connectivity index (χ2n) is 2.79. The van der Waals surface area contributed by atoms with E-state index in [-0.39, 0.29) is 0 Å². The van der Waals surface area contributed by atoms with Gasteiger partial charge in [0.25, 0.3) is 0 Å². The number of aliphatic imine (C=N–C) groups is 1. The maximum atomic E-state index is 5.26. The molecular formula is C8H20N4O. The van der Waals surface area contributed by atoms with Gasteiger partial charge in [-0.05, 0) is 13.3 Å². The summed E-state index contributed by atoms with van der Waals surface area (Å²) in [5.74, 6) is 5.95. The third-order valence-corrected chi connectivity index (χ3v) is 1.47. The molecule has 0 aromatic heterocycles. The number of nitrogens with two attached hydrogens (primary N) is 1. The van der Waals surface area contributed by atoms with Crippen molar-refractivity contribution in [1.82, 2.24) is 10.3 Å². The molecule has 0 unspecified atom stereocenters. The quantitative estimate of drug-likeness (QED) is 0.206. The standard InChI is InChI=1S/C8H20N4O/c1-4-13-7-5-6-10-8(11-9)12(2)3/h4-7,9H2,1-3H3,(H,10,11). The maximum Gasteiger partial charge on any atom is 0.207 e. The van der Waals surface area contributed by atoms with Crippen molar-refractivity contribution in [3.8, 4) is 0 Å². The smallest absolute Gasteiger partial charge is 0.207 e. The Morgan fingerprint density at radius 2 is 2.23 bits per heavy atom. The molecule has 3 N–H and O–H groups in total. The van der Waals surface area contributed by atoms with Crippen LogP contribution >= 0.6 is 0 Å². The fourth-order valence-electron chi connectivity index (χ4n) is 0.812. The zero-order valence-corrected chi connectivity index (χ0v) is 8.71. The van der Waals surface area contributed by atoms with Crippen LogP contribution in [0.2, 0.25) is 0 Å². The van der Waals surface area contributed by atoms with Crippen LogP contribution < -0.4 is 11.3 Å². The Morgan fingerprint density at radius 1 is 1.54 bits per heavy atom. The molecule has 0 atom stereocenters. The summed E-state index contributed by atoms with van der Waals surface area (Å²) in [6.07, 6.45) is 0.923. The van der Waals surface area contributed by atoms with Gasteiger partial charge in [-0.1, -0.05) is 0 Å². The van der Waals surface area contributed by atoms with E-state index in [1.807, 2.05) is 25.9 Å². The molecule has 13 heavy (non-hydrogen) atoms. The summed E-state index contributed by atoms with van der Waals surface area (Å²) in [5, 5.41) is 0. The molecule has 0 spiro atoms. The van der Waals surface area contributed by atoms with Gasteiger partial charge in [-0.3, -0.25) is 10.4 Å². The predicted molar refractivity (Wildman–Crippen MR) is 54.4 cm³/mol. The average Bonchev–Trinajstić information content (AvgIpc) is 2.10. The summed E-state index contributed by atoms with van der Waals surface area (Å²) in [4.78, 5) is 6.07. The molecule has 0 bridgehead atoms. The molecule has 0 saturated heterocycles. The zero-order valence-electron chi connectivity index (χ0n) is 8.71. The van der Waals surface area contributed by atoms with Crippen LogP contribution in [-0.4, -0.2) is 44.7 Å². The molecule has 0 amide bonds. The molecule has 0 aromatic rings. The summed E-state index contributed by atoms with van der Waals surface area (Å²) in [6, 6.07) is 0. The van der Waals surface area contributed by atoms with E-state index in [0.717, 1.165) is 26.2 Å². The molecule has 0 aliphatic heterocycles. The minimum absolute atomic E-state index is 0.691. The number of hydrazine groups is 1. The molecule has 0 aliphatic rings. The van der Waals surface area contributed by atoms with Gasteiger partial charge in [0.1, 0.15) is 0 Å². The fraction of sp³-hybridized carbons (Fsp3) is 0.875. The lowest BCUT2D eigenvalue weighted by Crippen LogP contribution is -2.40. The van der Waals surface area contributed by atoms with Crippen LogP contribution in [0.4, 0.5) is 0 Å². The van der Waals surface area contributed by atoms with E-state index in [0.29, 0.717) is 5.96 Å². The van der Waals surface area contributed by atoms with Crippen LogP contribution in [0.15, 0.2) is 4.99 Å². The Kier molecular flexibility index (Phi) is 7.33. The van der Waals surface area contributed by atoms with Gasteiger partial charge in [0.05, 0.1) is 0 Å². The zero-order chi connectivity index (χ0) is 10.1. The Morgan fingerprint density at radius 3 is 2.69 bits per heavy atom. The van der Waals surface area contributed by atoms with Gasteiger partial charge >= 0.3 is 0 Å². The molecule has 0 fully saturated rings. The molecule has 0 radical (unpaired) electrons. The Labute approximate surface area is 79.9 Å². The van der Waals surface area contributed by atoms with Crippen LogP contribution in [-0.2, 0) is 4.74 Å². The lowest BCUT2D eigenvalue weighted by Gasteiger charge is -2.14. The molecular weight excluding hydrogens is 168 g/mol. The highest BCUT2D eigenvalue weighted by molar-refractivity contribution is 5.78. The highest BCUT2D eigenvalue weighted by Crippen LogP contribution is 1.86. The highest BCUT2D eigenvalue weighted by Gasteiger charge is 1.96. The molecule has 0 saturated carbocycles. The summed E-state index contributed by atoms with van der Waals surface area (Å²) >= 11 is 0. The fourth-order valence-corrected chi connectivity index (χ4v) is 0.812. The molecule has 5 nitrogen and oxygen atoms in total. The van der Waals surface area contributed by atoms with Crippen LogP contribution in [0.25, 0.3) is 0 Å². The van der Waals surface area contributed by atoms with Crippen molar-refractivity contribution in [3.05, 3.63) is 0 Å². The molecule has 78 valence electrons. The van der Waals surface area contributed by atoms with Gasteiger partial charge in [-0.25, -0.2) is 5.84 Å². The SMILES string of the molecule is CCOCCCN=C(NN)N(C)C. The van der Waals surface area contributed by atoms with Crippen molar-refractivity contribution in [2.45, 2.75) is 13.3 Å². The van der Waals surface area contributed by atoms with E-state index in [1.165, 1.54) is 0 Å². The largest absolute Gasteiger partial charge is 0.382 e. The Bertz CT molecular complexity index is 147. The highest BCUT2D eigenvalue weighted by atomic mass is 16.5. The topological polar surface area (TPSA) is 62.9 Å². The first-order valence-electron chi connectivity index (χ1n) is 4.48. The molecule has 0 rings (SSSR count). The molecule has 0 aromatic carbocycles. The van der Waals surface area contributed by atoms with Gasteiger partial charge in [0.15, 0.2) is 0 Å². The molecule has 0 aliphatic carbocycles. The van der Waals surface area contributed by atoms with Crippen molar-refractivity contribution >= 4 is 5.96 Å². The number of rotatable bonds is 5. The van der Waals surface area contributed by atoms with E-state index >= 15 is 0 Å². The molecule has 5 heteroatoms. The molecule has 0 heterocycles. The minimum atomic E-state index is 0.691. The van der Waals surface area contributed by atoms with E-state index < -0.39 is 0 Å². The minimum Gasteiger partial charge on any atom is -0.382 e. The van der Waals surface area contributed by atoms with Crippen molar-refractivity contribution in [1.29, 1.82) is 0 Å². The van der Waals surface area contributed by atoms with Crippen molar-refractivity contribution in [3.63, 3.8) is 0 Å². The summed E-state index contributed by atoms with van der Waals surface area (Å²) < 4.78 is 5.17. The number of guanidine groups is 1.